The monoisotopic (exact) mass is 431 g/mol. The highest BCUT2D eigenvalue weighted by Crippen LogP contribution is 2.28. The molecule has 30 heavy (non-hydrogen) atoms. The number of nitrogens with zero attached hydrogens (tertiary/aromatic N) is 1. The number of aliphatic hydroxyl groups is 1. The lowest BCUT2D eigenvalue weighted by atomic mass is 9.96. The highest BCUT2D eigenvalue weighted by Gasteiger charge is 2.32. The van der Waals surface area contributed by atoms with Crippen molar-refractivity contribution in [3.63, 3.8) is 0 Å². The summed E-state index contributed by atoms with van der Waals surface area (Å²) in [5.41, 5.74) is 2.63. The number of halogens is 1. The van der Waals surface area contributed by atoms with Crippen molar-refractivity contribution in [3.8, 4) is 5.75 Å². The molecule has 1 atom stereocenters. The average molecular weight is 432 g/mol. The first-order chi connectivity index (χ1) is 14.3. The number of ether oxygens (including phenoxy) is 2. The van der Waals surface area contributed by atoms with Gasteiger partial charge in [-0.2, -0.15) is 0 Å². The predicted molar refractivity (Wildman–Crippen MR) is 118 cm³/mol. The fourth-order valence-electron chi connectivity index (χ4n) is 3.83. The lowest BCUT2D eigenvalue weighted by Gasteiger charge is -2.27. The molecular formula is C24H30ClNO4. The van der Waals surface area contributed by atoms with Crippen molar-refractivity contribution in [3.05, 3.63) is 63.7 Å². The molecule has 3 rings (SSSR count). The van der Waals surface area contributed by atoms with Crippen LogP contribution in [0.1, 0.15) is 46.3 Å². The molecule has 0 spiro atoms. The highest BCUT2D eigenvalue weighted by molar-refractivity contribution is 6.32. The molecule has 0 aliphatic carbocycles. The van der Waals surface area contributed by atoms with Crippen molar-refractivity contribution in [2.24, 2.45) is 0 Å². The van der Waals surface area contributed by atoms with Gasteiger partial charge in [0.15, 0.2) is 0 Å². The van der Waals surface area contributed by atoms with Crippen LogP contribution in [0.5, 0.6) is 5.75 Å². The Morgan fingerprint density at radius 1 is 1.13 bits per heavy atom. The summed E-state index contributed by atoms with van der Waals surface area (Å²) in [6, 6.07) is 11.3. The van der Waals surface area contributed by atoms with Crippen LogP contribution < -0.4 is 4.74 Å². The second-order valence-electron chi connectivity index (χ2n) is 8.16. The average Bonchev–Trinajstić information content (AvgIpc) is 2.93. The third-order valence-electron chi connectivity index (χ3n) is 5.63. The van der Waals surface area contributed by atoms with Gasteiger partial charge in [-0.15, -0.1) is 0 Å². The van der Waals surface area contributed by atoms with Gasteiger partial charge in [0.05, 0.1) is 6.61 Å². The first-order valence-corrected chi connectivity index (χ1v) is 10.7. The summed E-state index contributed by atoms with van der Waals surface area (Å²) in [5, 5.41) is 11.8. The molecule has 0 saturated carbocycles. The fraction of sp³-hybridized carbons (Fsp3) is 0.458. The summed E-state index contributed by atoms with van der Waals surface area (Å²) >= 11 is 6.22. The number of aryl methyl sites for hydroxylation is 2. The number of amides is 1. The Balaban J connectivity index is 1.60. The van der Waals surface area contributed by atoms with Crippen molar-refractivity contribution >= 4 is 17.5 Å². The van der Waals surface area contributed by atoms with Crippen LogP contribution >= 0.6 is 11.6 Å². The molecular weight excluding hydrogens is 402 g/mol. The summed E-state index contributed by atoms with van der Waals surface area (Å²) in [6.07, 6.45) is 1.80. The summed E-state index contributed by atoms with van der Waals surface area (Å²) in [4.78, 5) is 14.7. The maximum absolute atomic E-state index is 12.9. The topological polar surface area (TPSA) is 59.0 Å². The molecule has 5 nitrogen and oxygen atoms in total. The number of rotatable bonds is 6. The summed E-state index contributed by atoms with van der Waals surface area (Å²) in [5.74, 6) is 0.698. The Morgan fingerprint density at radius 2 is 1.80 bits per heavy atom. The molecule has 0 bridgehead atoms. The second-order valence-corrected chi connectivity index (χ2v) is 8.54. The molecule has 1 amide bonds. The third kappa shape index (κ3) is 5.54. The number of carbonyl (C=O) groups excluding carboxylic acids is 1. The van der Waals surface area contributed by atoms with Crippen molar-refractivity contribution in [2.45, 2.75) is 45.3 Å². The molecule has 6 heteroatoms. The Bertz CT molecular complexity index is 860. The third-order valence-corrected chi connectivity index (χ3v) is 6.23. The van der Waals surface area contributed by atoms with E-state index in [-0.39, 0.29) is 12.5 Å². The van der Waals surface area contributed by atoms with E-state index in [9.17, 15) is 9.90 Å². The molecule has 0 aromatic heterocycles. The van der Waals surface area contributed by atoms with Crippen LogP contribution in [0.25, 0.3) is 0 Å². The fourth-order valence-corrected chi connectivity index (χ4v) is 3.94. The second kappa shape index (κ2) is 9.82. The Hall–Kier alpha value is -2.08. The first kappa shape index (κ1) is 22.6. The van der Waals surface area contributed by atoms with Gasteiger partial charge in [0.25, 0.3) is 5.91 Å². The van der Waals surface area contributed by atoms with Gasteiger partial charge >= 0.3 is 0 Å². The maximum Gasteiger partial charge on any atom is 0.253 e. The van der Waals surface area contributed by atoms with Crippen LogP contribution in [0.4, 0.5) is 0 Å². The zero-order chi connectivity index (χ0) is 21.7. The molecule has 0 radical (unpaired) electrons. The Kier molecular flexibility index (Phi) is 7.40. The number of hydrogen-bond donors (Lipinski definition) is 1. The molecule has 1 unspecified atom stereocenters. The Labute approximate surface area is 183 Å². The number of likely N-dealkylation sites (tertiary alicyclic amines) is 1. The molecule has 1 aliphatic heterocycles. The molecule has 1 saturated heterocycles. The van der Waals surface area contributed by atoms with Gasteiger partial charge in [-0.25, -0.2) is 0 Å². The van der Waals surface area contributed by atoms with Crippen LogP contribution in [0, 0.1) is 13.8 Å². The van der Waals surface area contributed by atoms with Crippen molar-refractivity contribution < 1.29 is 19.4 Å². The maximum atomic E-state index is 12.9. The van der Waals surface area contributed by atoms with Gasteiger partial charge in [-0.1, -0.05) is 23.7 Å². The van der Waals surface area contributed by atoms with E-state index in [4.69, 9.17) is 21.1 Å². The summed E-state index contributed by atoms with van der Waals surface area (Å²) < 4.78 is 11.0. The zero-order valence-corrected chi connectivity index (χ0v) is 18.7. The molecule has 2 aromatic rings. The van der Waals surface area contributed by atoms with Gasteiger partial charge in [-0.05, 0) is 74.1 Å². The smallest absolute Gasteiger partial charge is 0.253 e. The van der Waals surface area contributed by atoms with E-state index in [0.29, 0.717) is 43.9 Å². The van der Waals surface area contributed by atoms with Gasteiger partial charge in [-0.3, -0.25) is 4.79 Å². The predicted octanol–water partition coefficient (Wildman–Crippen LogP) is 4.54. The lowest BCUT2D eigenvalue weighted by Crippen LogP contribution is -2.38. The lowest BCUT2D eigenvalue weighted by molar-refractivity contribution is -0.0163. The van der Waals surface area contributed by atoms with Gasteiger partial charge in [0.1, 0.15) is 18.0 Å². The molecule has 1 fully saturated rings. The van der Waals surface area contributed by atoms with E-state index in [1.807, 2.05) is 55.1 Å². The SMILES string of the molecule is COCc1ccc(C(=O)N2CCCC(O)(COc3cc(C)c(Cl)c(C)c3)CC2)cc1. The van der Waals surface area contributed by atoms with E-state index < -0.39 is 5.60 Å². The van der Waals surface area contributed by atoms with Gasteiger partial charge in [0.2, 0.25) is 0 Å². The van der Waals surface area contributed by atoms with Crippen molar-refractivity contribution in [2.75, 3.05) is 26.8 Å². The first-order valence-electron chi connectivity index (χ1n) is 10.3. The molecule has 162 valence electrons. The number of hydrogen-bond acceptors (Lipinski definition) is 4. The quantitative estimate of drug-likeness (QED) is 0.729. The minimum atomic E-state index is -0.960. The number of methoxy groups -OCH3 is 1. The van der Waals surface area contributed by atoms with Crippen LogP contribution in [0.3, 0.4) is 0 Å². The van der Waals surface area contributed by atoms with Crippen LogP contribution in [0.2, 0.25) is 5.02 Å². The van der Waals surface area contributed by atoms with E-state index in [2.05, 4.69) is 0 Å². The molecule has 1 N–H and O–H groups in total. The molecule has 2 aromatic carbocycles. The van der Waals surface area contributed by atoms with Crippen molar-refractivity contribution in [1.29, 1.82) is 0 Å². The summed E-state index contributed by atoms with van der Waals surface area (Å²) in [7, 11) is 1.65. The number of benzene rings is 2. The van der Waals surface area contributed by atoms with E-state index in [0.717, 1.165) is 28.1 Å². The van der Waals surface area contributed by atoms with Crippen molar-refractivity contribution in [1.82, 2.24) is 4.90 Å². The van der Waals surface area contributed by atoms with Crippen LogP contribution in [0.15, 0.2) is 36.4 Å². The van der Waals surface area contributed by atoms with E-state index in [1.165, 1.54) is 0 Å². The van der Waals surface area contributed by atoms with E-state index in [1.54, 1.807) is 7.11 Å². The van der Waals surface area contributed by atoms with Crippen LogP contribution in [-0.2, 0) is 11.3 Å². The standard InChI is InChI=1S/C24H30ClNO4/c1-17-13-21(14-18(2)22(17)25)30-16-24(28)9-4-11-26(12-10-24)23(27)20-7-5-19(6-8-20)15-29-3/h5-8,13-14,28H,4,9-12,15-16H2,1-3H3. The largest absolute Gasteiger partial charge is 0.491 e. The Morgan fingerprint density at radius 3 is 2.43 bits per heavy atom. The van der Waals surface area contributed by atoms with Gasteiger partial charge < -0.3 is 19.5 Å². The van der Waals surface area contributed by atoms with Gasteiger partial charge in [0, 0.05) is 30.8 Å². The minimum absolute atomic E-state index is 0.00640. The normalized spacial score (nSPS) is 19.4. The molecule has 1 heterocycles. The highest BCUT2D eigenvalue weighted by atomic mass is 35.5. The zero-order valence-electron chi connectivity index (χ0n) is 17.9. The van der Waals surface area contributed by atoms with E-state index >= 15 is 0 Å². The minimum Gasteiger partial charge on any atom is -0.491 e. The summed E-state index contributed by atoms with van der Waals surface area (Å²) in [6.45, 7) is 5.72. The molecule has 1 aliphatic rings. The van der Waals surface area contributed by atoms with Crippen LogP contribution in [-0.4, -0.2) is 48.3 Å². The number of carbonyl (C=O) groups is 1.